The van der Waals surface area contributed by atoms with Crippen molar-refractivity contribution < 1.29 is 13.6 Å². The second kappa shape index (κ2) is 7.07. The zero-order valence-electron chi connectivity index (χ0n) is 13.3. The number of benzene rings is 1. The fourth-order valence-corrected chi connectivity index (χ4v) is 3.50. The molecule has 128 valence electrons. The van der Waals surface area contributed by atoms with Crippen molar-refractivity contribution in [1.82, 2.24) is 20.3 Å². The predicted octanol–water partition coefficient (Wildman–Crippen LogP) is 2.57. The number of carbonyl (C=O) groups excluding carboxylic acids is 1. The van der Waals surface area contributed by atoms with Gasteiger partial charge in [0.1, 0.15) is 11.6 Å². The summed E-state index contributed by atoms with van der Waals surface area (Å²) in [6.07, 6.45) is 6.64. The minimum Gasteiger partial charge on any atom is -0.355 e. The van der Waals surface area contributed by atoms with Gasteiger partial charge in [0.15, 0.2) is 0 Å². The molecule has 24 heavy (non-hydrogen) atoms. The van der Waals surface area contributed by atoms with Gasteiger partial charge in [-0.3, -0.25) is 9.48 Å². The van der Waals surface area contributed by atoms with Gasteiger partial charge in [-0.1, -0.05) is 24.1 Å². The number of hydrogen-bond acceptors (Lipinski definition) is 3. The molecule has 1 aromatic carbocycles. The minimum atomic E-state index is -0.654. The molecule has 0 saturated heterocycles. The number of halogens is 2. The summed E-state index contributed by atoms with van der Waals surface area (Å²) >= 11 is 0. The molecule has 1 aromatic heterocycles. The molecular formula is C17H20F2N4O. The van der Waals surface area contributed by atoms with Crippen LogP contribution in [0, 0.1) is 11.6 Å². The summed E-state index contributed by atoms with van der Waals surface area (Å²) in [6, 6.07) is 3.93. The van der Waals surface area contributed by atoms with E-state index in [-0.39, 0.29) is 24.4 Å². The Morgan fingerprint density at radius 2 is 1.96 bits per heavy atom. The van der Waals surface area contributed by atoms with E-state index in [0.29, 0.717) is 19.4 Å². The van der Waals surface area contributed by atoms with Crippen LogP contribution in [-0.4, -0.2) is 27.4 Å². The van der Waals surface area contributed by atoms with Crippen LogP contribution < -0.4 is 5.32 Å². The summed E-state index contributed by atoms with van der Waals surface area (Å²) < 4.78 is 30.0. The average Bonchev–Trinajstić information content (AvgIpc) is 3.23. The minimum absolute atomic E-state index is 0.110. The second-order valence-electron chi connectivity index (χ2n) is 6.28. The summed E-state index contributed by atoms with van der Waals surface area (Å²) in [6.45, 7) is 0.675. The highest BCUT2D eigenvalue weighted by atomic mass is 19.1. The van der Waals surface area contributed by atoms with Gasteiger partial charge in [-0.25, -0.2) is 8.78 Å². The Kier molecular flexibility index (Phi) is 4.87. The van der Waals surface area contributed by atoms with E-state index in [1.807, 2.05) is 0 Å². The molecule has 1 aliphatic carbocycles. The molecule has 1 N–H and O–H groups in total. The first-order valence-electron chi connectivity index (χ1n) is 8.16. The first-order valence-corrected chi connectivity index (χ1v) is 8.16. The lowest BCUT2D eigenvalue weighted by atomic mass is 9.78. The number of nitrogens with zero attached hydrogens (tertiary/aromatic N) is 3. The molecule has 2 aromatic rings. The van der Waals surface area contributed by atoms with E-state index in [9.17, 15) is 13.6 Å². The lowest BCUT2D eigenvalue weighted by Gasteiger charge is -2.30. The standard InChI is InChI=1S/C17H20F2N4O/c18-13-4-3-5-14(19)16(13)17(7-1-2-8-17)12-20-15(24)6-10-23-11-9-21-22-23/h3-5,9,11H,1-2,6-8,10,12H2,(H,20,24). The van der Waals surface area contributed by atoms with Crippen LogP contribution in [-0.2, 0) is 16.8 Å². The van der Waals surface area contributed by atoms with Crippen molar-refractivity contribution in [3.05, 3.63) is 47.8 Å². The van der Waals surface area contributed by atoms with Crippen LogP contribution in [0.15, 0.2) is 30.6 Å². The Morgan fingerprint density at radius 3 is 2.58 bits per heavy atom. The van der Waals surface area contributed by atoms with Crippen molar-refractivity contribution in [3.8, 4) is 0 Å². The SMILES string of the molecule is O=C(CCn1ccnn1)NCC1(c2c(F)cccc2F)CCCC1. The Labute approximate surface area is 139 Å². The van der Waals surface area contributed by atoms with Gasteiger partial charge in [-0.05, 0) is 25.0 Å². The van der Waals surface area contributed by atoms with Gasteiger partial charge in [-0.2, -0.15) is 0 Å². The van der Waals surface area contributed by atoms with Crippen LogP contribution >= 0.6 is 0 Å². The predicted molar refractivity (Wildman–Crippen MR) is 84.2 cm³/mol. The molecule has 0 aliphatic heterocycles. The van der Waals surface area contributed by atoms with Gasteiger partial charge >= 0.3 is 0 Å². The highest BCUT2D eigenvalue weighted by molar-refractivity contribution is 5.76. The molecular weight excluding hydrogens is 314 g/mol. The highest BCUT2D eigenvalue weighted by Crippen LogP contribution is 2.42. The van der Waals surface area contributed by atoms with Crippen LogP contribution in [0.25, 0.3) is 0 Å². The Balaban J connectivity index is 1.67. The molecule has 1 heterocycles. The van der Waals surface area contributed by atoms with E-state index in [0.717, 1.165) is 12.8 Å². The molecule has 3 rings (SSSR count). The third-order valence-corrected chi connectivity index (χ3v) is 4.72. The normalized spacial score (nSPS) is 16.2. The van der Waals surface area contributed by atoms with Crippen LogP contribution in [0.4, 0.5) is 8.78 Å². The average molecular weight is 334 g/mol. The Morgan fingerprint density at radius 1 is 1.25 bits per heavy atom. The number of carbonyl (C=O) groups is 1. The highest BCUT2D eigenvalue weighted by Gasteiger charge is 2.40. The van der Waals surface area contributed by atoms with Crippen molar-refractivity contribution in [2.45, 2.75) is 44.1 Å². The zero-order chi connectivity index (χ0) is 17.0. The summed E-state index contributed by atoms with van der Waals surface area (Å²) in [7, 11) is 0. The fourth-order valence-electron chi connectivity index (χ4n) is 3.50. The van der Waals surface area contributed by atoms with E-state index in [1.54, 1.807) is 17.1 Å². The maximum atomic E-state index is 14.2. The van der Waals surface area contributed by atoms with Crippen molar-refractivity contribution in [2.24, 2.45) is 0 Å². The summed E-state index contributed by atoms with van der Waals surface area (Å²) in [5.74, 6) is -1.23. The summed E-state index contributed by atoms with van der Waals surface area (Å²) in [5, 5.41) is 10.3. The molecule has 0 bridgehead atoms. The first-order chi connectivity index (χ1) is 11.6. The maximum Gasteiger partial charge on any atom is 0.221 e. The van der Waals surface area contributed by atoms with Crippen LogP contribution in [0.1, 0.15) is 37.7 Å². The van der Waals surface area contributed by atoms with Crippen LogP contribution in [0.3, 0.4) is 0 Å². The third-order valence-electron chi connectivity index (χ3n) is 4.72. The van der Waals surface area contributed by atoms with Gasteiger partial charge in [0.25, 0.3) is 0 Å². The van der Waals surface area contributed by atoms with Crippen molar-refractivity contribution in [2.75, 3.05) is 6.54 Å². The van der Waals surface area contributed by atoms with Gasteiger partial charge in [0, 0.05) is 30.1 Å². The fraction of sp³-hybridized carbons (Fsp3) is 0.471. The van der Waals surface area contributed by atoms with Crippen molar-refractivity contribution in [1.29, 1.82) is 0 Å². The molecule has 1 saturated carbocycles. The van der Waals surface area contributed by atoms with E-state index in [2.05, 4.69) is 15.6 Å². The van der Waals surface area contributed by atoms with E-state index in [1.165, 1.54) is 18.2 Å². The lowest BCUT2D eigenvalue weighted by Crippen LogP contribution is -2.40. The van der Waals surface area contributed by atoms with Gasteiger partial charge in [0.05, 0.1) is 12.7 Å². The van der Waals surface area contributed by atoms with Gasteiger partial charge in [-0.15, -0.1) is 5.10 Å². The number of amides is 1. The number of hydrogen-bond donors (Lipinski definition) is 1. The number of nitrogens with one attached hydrogen (secondary N) is 1. The number of aryl methyl sites for hydroxylation is 1. The van der Waals surface area contributed by atoms with Crippen molar-refractivity contribution >= 4 is 5.91 Å². The van der Waals surface area contributed by atoms with Crippen LogP contribution in [0.2, 0.25) is 0 Å². The molecule has 0 atom stereocenters. The van der Waals surface area contributed by atoms with Crippen LogP contribution in [0.5, 0.6) is 0 Å². The quantitative estimate of drug-likeness (QED) is 0.883. The monoisotopic (exact) mass is 334 g/mol. The molecule has 0 radical (unpaired) electrons. The maximum absolute atomic E-state index is 14.2. The molecule has 0 spiro atoms. The largest absolute Gasteiger partial charge is 0.355 e. The second-order valence-corrected chi connectivity index (χ2v) is 6.28. The summed E-state index contributed by atoms with van der Waals surface area (Å²) in [4.78, 5) is 12.1. The van der Waals surface area contributed by atoms with Crippen molar-refractivity contribution in [3.63, 3.8) is 0 Å². The van der Waals surface area contributed by atoms with Gasteiger partial charge in [0.2, 0.25) is 5.91 Å². The van der Waals surface area contributed by atoms with E-state index < -0.39 is 17.0 Å². The number of rotatable bonds is 6. The number of aromatic nitrogens is 3. The third kappa shape index (κ3) is 3.44. The molecule has 5 nitrogen and oxygen atoms in total. The Bertz CT molecular complexity index is 676. The Hall–Kier alpha value is -2.31. The summed E-state index contributed by atoms with van der Waals surface area (Å²) in [5.41, 5.74) is -0.544. The van der Waals surface area contributed by atoms with E-state index in [4.69, 9.17) is 0 Å². The molecule has 0 unspecified atom stereocenters. The molecule has 1 aliphatic rings. The molecule has 7 heteroatoms. The lowest BCUT2D eigenvalue weighted by molar-refractivity contribution is -0.121. The smallest absolute Gasteiger partial charge is 0.221 e. The molecule has 1 amide bonds. The first kappa shape index (κ1) is 16.5. The van der Waals surface area contributed by atoms with Gasteiger partial charge < -0.3 is 5.32 Å². The zero-order valence-corrected chi connectivity index (χ0v) is 13.3. The van der Waals surface area contributed by atoms with E-state index >= 15 is 0 Å². The topological polar surface area (TPSA) is 59.8 Å². The molecule has 1 fully saturated rings.